The quantitative estimate of drug-likeness (QED) is 0.191. The van der Waals surface area contributed by atoms with Gasteiger partial charge in [-0.05, 0) is 35.9 Å². The van der Waals surface area contributed by atoms with Crippen LogP contribution in [0.15, 0.2) is 109 Å². The Morgan fingerprint density at radius 1 is 0.686 bits per heavy atom. The summed E-state index contributed by atoms with van der Waals surface area (Å²) in [6.07, 6.45) is 0. The van der Waals surface area contributed by atoms with Crippen LogP contribution in [0.5, 0.6) is 0 Å². The molecule has 0 aliphatic rings. The fourth-order valence-corrected chi connectivity index (χ4v) is 6.44. The number of nitrogens with zero attached hydrogens (tertiary/aromatic N) is 2. The number of hydrogen-bond donors (Lipinski definition) is 0. The molecule has 0 spiro atoms. The van der Waals surface area contributed by atoms with E-state index in [1.165, 1.54) is 30.9 Å². The van der Waals surface area contributed by atoms with Crippen LogP contribution >= 0.6 is 11.3 Å². The molecule has 0 radical (unpaired) electrons. The molecule has 0 saturated carbocycles. The van der Waals surface area contributed by atoms with E-state index in [0.29, 0.717) is 5.56 Å². The highest BCUT2D eigenvalue weighted by Gasteiger charge is 2.20. The second-order valence-corrected chi connectivity index (χ2v) is 9.66. The molecule has 5 aromatic carbocycles. The number of thiophene rings is 1. The summed E-state index contributed by atoms with van der Waals surface area (Å²) in [4.78, 5) is 11.5. The van der Waals surface area contributed by atoms with Gasteiger partial charge in [0.15, 0.2) is 0 Å². The van der Waals surface area contributed by atoms with Gasteiger partial charge in [-0.25, -0.2) is 0 Å². The van der Waals surface area contributed by atoms with Crippen molar-refractivity contribution < 1.29 is 4.92 Å². The molecule has 4 nitrogen and oxygen atoms in total. The van der Waals surface area contributed by atoms with Gasteiger partial charge in [0.1, 0.15) is 0 Å². The highest BCUT2D eigenvalue weighted by Crippen LogP contribution is 2.43. The van der Waals surface area contributed by atoms with E-state index in [2.05, 4.69) is 59.2 Å². The Balaban J connectivity index is 1.59. The van der Waals surface area contributed by atoms with Crippen molar-refractivity contribution in [3.63, 3.8) is 0 Å². The summed E-state index contributed by atoms with van der Waals surface area (Å²) in [5.41, 5.74) is 4.63. The van der Waals surface area contributed by atoms with E-state index >= 15 is 0 Å². The first-order chi connectivity index (χ1) is 17.2. The molecule has 0 aliphatic heterocycles. The molecular weight excluding hydrogens is 452 g/mol. The van der Waals surface area contributed by atoms with Crippen LogP contribution in [0, 0.1) is 10.1 Å². The molecule has 0 fully saturated rings. The Hall–Kier alpha value is -4.48. The number of rotatable bonds is 3. The summed E-state index contributed by atoms with van der Waals surface area (Å²) in [5.74, 6) is 0. The molecule has 0 bridgehead atoms. The van der Waals surface area contributed by atoms with Gasteiger partial charge in [0, 0.05) is 42.7 Å². The van der Waals surface area contributed by atoms with E-state index in [1.807, 2.05) is 59.9 Å². The maximum atomic E-state index is 11.8. The lowest BCUT2D eigenvalue weighted by atomic mass is 10.0. The average Bonchev–Trinajstić information content (AvgIpc) is 3.44. The standard InChI is InChI=1S/C30H18N2O2S/c33-32(34)26-16-14-20(18-24(26)19-8-2-1-3-9-19)31-25-12-6-4-11-23(25)29-27(31)17-15-22-21-10-5-7-13-28(21)35-30(22)29/h1-18H. The number of nitro groups is 1. The number of benzene rings is 5. The van der Waals surface area contributed by atoms with Crippen molar-refractivity contribution >= 4 is 59.0 Å². The predicted molar refractivity (Wildman–Crippen MR) is 146 cm³/mol. The van der Waals surface area contributed by atoms with E-state index in [1.54, 1.807) is 6.07 Å². The summed E-state index contributed by atoms with van der Waals surface area (Å²) >= 11 is 1.82. The second-order valence-electron chi connectivity index (χ2n) is 8.61. The van der Waals surface area contributed by atoms with E-state index in [4.69, 9.17) is 0 Å². The Kier molecular flexibility index (Phi) is 4.28. The van der Waals surface area contributed by atoms with Crippen LogP contribution in [0.4, 0.5) is 5.69 Å². The molecule has 0 N–H and O–H groups in total. The number of hydrogen-bond acceptors (Lipinski definition) is 3. The molecule has 2 aromatic heterocycles. The maximum Gasteiger partial charge on any atom is 0.277 e. The lowest BCUT2D eigenvalue weighted by Crippen LogP contribution is -1.97. The average molecular weight is 471 g/mol. The smallest absolute Gasteiger partial charge is 0.277 e. The number of fused-ring (bicyclic) bond motifs is 7. The van der Waals surface area contributed by atoms with E-state index in [9.17, 15) is 10.1 Å². The topological polar surface area (TPSA) is 48.1 Å². The summed E-state index contributed by atoms with van der Waals surface area (Å²) in [7, 11) is 0. The summed E-state index contributed by atoms with van der Waals surface area (Å²) < 4.78 is 4.77. The zero-order valence-corrected chi connectivity index (χ0v) is 19.3. The van der Waals surface area contributed by atoms with Crippen LogP contribution < -0.4 is 0 Å². The third kappa shape index (κ3) is 2.92. The maximum absolute atomic E-state index is 11.8. The number of nitro benzene ring substituents is 1. The molecule has 7 aromatic rings. The van der Waals surface area contributed by atoms with E-state index < -0.39 is 0 Å². The summed E-state index contributed by atoms with van der Waals surface area (Å²) in [6, 6.07) is 36.3. The molecule has 35 heavy (non-hydrogen) atoms. The Labute approximate surface area is 204 Å². The van der Waals surface area contributed by atoms with Gasteiger partial charge in [0.25, 0.3) is 5.69 Å². The predicted octanol–water partition coefficient (Wildman–Crippen LogP) is 8.73. The third-order valence-corrected chi connectivity index (χ3v) is 7.90. The van der Waals surface area contributed by atoms with Crippen LogP contribution in [0.2, 0.25) is 0 Å². The molecular formula is C30H18N2O2S. The zero-order valence-electron chi connectivity index (χ0n) is 18.5. The van der Waals surface area contributed by atoms with Gasteiger partial charge in [0.2, 0.25) is 0 Å². The second kappa shape index (κ2) is 7.52. The summed E-state index contributed by atoms with van der Waals surface area (Å²) in [6.45, 7) is 0. The van der Waals surface area contributed by atoms with Crippen LogP contribution in [-0.2, 0) is 0 Å². The molecule has 0 amide bonds. The van der Waals surface area contributed by atoms with Gasteiger partial charge in [-0.3, -0.25) is 10.1 Å². The Morgan fingerprint density at radius 2 is 1.43 bits per heavy atom. The molecule has 7 rings (SSSR count). The molecule has 0 atom stereocenters. The molecule has 0 unspecified atom stereocenters. The van der Waals surface area contributed by atoms with Crippen molar-refractivity contribution in [1.82, 2.24) is 4.57 Å². The number of aromatic nitrogens is 1. The fourth-order valence-electron chi connectivity index (χ4n) is 5.18. The first kappa shape index (κ1) is 19.9. The van der Waals surface area contributed by atoms with Crippen molar-refractivity contribution in [3.05, 3.63) is 119 Å². The Morgan fingerprint density at radius 3 is 2.26 bits per heavy atom. The Bertz CT molecular complexity index is 1930. The summed E-state index contributed by atoms with van der Waals surface area (Å²) in [5, 5.41) is 16.8. The highest BCUT2D eigenvalue weighted by atomic mass is 32.1. The molecule has 166 valence electrons. The van der Waals surface area contributed by atoms with Crippen LogP contribution in [0.3, 0.4) is 0 Å². The van der Waals surface area contributed by atoms with Crippen LogP contribution in [0.1, 0.15) is 0 Å². The van der Waals surface area contributed by atoms with Crippen molar-refractivity contribution in [3.8, 4) is 16.8 Å². The van der Waals surface area contributed by atoms with Gasteiger partial charge >= 0.3 is 0 Å². The highest BCUT2D eigenvalue weighted by molar-refractivity contribution is 7.26. The van der Waals surface area contributed by atoms with Crippen molar-refractivity contribution in [2.24, 2.45) is 0 Å². The van der Waals surface area contributed by atoms with E-state index in [0.717, 1.165) is 22.3 Å². The minimum atomic E-state index is -0.307. The van der Waals surface area contributed by atoms with Gasteiger partial charge in [-0.15, -0.1) is 11.3 Å². The fraction of sp³-hybridized carbons (Fsp3) is 0. The van der Waals surface area contributed by atoms with Gasteiger partial charge in [-0.2, -0.15) is 0 Å². The lowest BCUT2D eigenvalue weighted by molar-refractivity contribution is -0.384. The molecule has 2 heterocycles. The third-order valence-electron chi connectivity index (χ3n) is 6.70. The van der Waals surface area contributed by atoms with Crippen LogP contribution in [0.25, 0.3) is 58.8 Å². The van der Waals surface area contributed by atoms with Gasteiger partial charge in [-0.1, -0.05) is 72.8 Å². The van der Waals surface area contributed by atoms with Crippen molar-refractivity contribution in [2.45, 2.75) is 0 Å². The van der Waals surface area contributed by atoms with Crippen LogP contribution in [-0.4, -0.2) is 9.49 Å². The first-order valence-electron chi connectivity index (χ1n) is 11.4. The SMILES string of the molecule is O=[N+]([O-])c1ccc(-n2c3ccccc3c3c4sc5ccccc5c4ccc32)cc1-c1ccccc1. The van der Waals surface area contributed by atoms with Gasteiger partial charge < -0.3 is 4.57 Å². The lowest BCUT2D eigenvalue weighted by Gasteiger charge is -2.11. The molecule has 5 heteroatoms. The molecule has 0 saturated heterocycles. The molecule has 0 aliphatic carbocycles. The minimum Gasteiger partial charge on any atom is -0.309 e. The van der Waals surface area contributed by atoms with Gasteiger partial charge in [0.05, 0.1) is 21.5 Å². The first-order valence-corrected chi connectivity index (χ1v) is 12.2. The van der Waals surface area contributed by atoms with Crippen molar-refractivity contribution in [1.29, 1.82) is 0 Å². The van der Waals surface area contributed by atoms with Crippen molar-refractivity contribution in [2.75, 3.05) is 0 Å². The monoisotopic (exact) mass is 470 g/mol. The largest absolute Gasteiger partial charge is 0.309 e. The zero-order chi connectivity index (χ0) is 23.5. The number of para-hydroxylation sites is 1. The normalized spacial score (nSPS) is 11.7. The van der Waals surface area contributed by atoms with E-state index in [-0.39, 0.29) is 10.6 Å². The minimum absolute atomic E-state index is 0.104.